The first-order chi connectivity index (χ1) is 19.5. The van der Waals surface area contributed by atoms with E-state index in [2.05, 4.69) is 66.6 Å². The third kappa shape index (κ3) is 6.78. The Kier molecular flexibility index (Phi) is 10.1. The monoisotopic (exact) mass is 595 g/mol. The summed E-state index contributed by atoms with van der Waals surface area (Å²) in [5.74, 6) is -1.38. The maximum absolute atomic E-state index is 14.5. The average molecular weight is 596 g/mol. The highest BCUT2D eigenvalue weighted by molar-refractivity contribution is 7.11. The minimum absolute atomic E-state index is 0.0416. The van der Waals surface area contributed by atoms with Gasteiger partial charge in [0.15, 0.2) is 0 Å². The molecule has 41 heavy (non-hydrogen) atoms. The van der Waals surface area contributed by atoms with Crippen molar-refractivity contribution in [1.29, 1.82) is 0 Å². The lowest BCUT2D eigenvalue weighted by Gasteiger charge is -2.45. The molecule has 2 fully saturated rings. The van der Waals surface area contributed by atoms with Crippen LogP contribution in [-0.2, 0) is 21.5 Å². The first kappa shape index (κ1) is 31.4. The summed E-state index contributed by atoms with van der Waals surface area (Å²) in [6.07, 6.45) is 0.354. The van der Waals surface area contributed by atoms with Gasteiger partial charge < -0.3 is 25.4 Å². The summed E-state index contributed by atoms with van der Waals surface area (Å²) < 4.78 is 31.5. The van der Waals surface area contributed by atoms with Crippen LogP contribution in [0.5, 0.6) is 0 Å². The van der Waals surface area contributed by atoms with Crippen LogP contribution in [0.2, 0.25) is 0 Å². The molecule has 1 aromatic carbocycles. The van der Waals surface area contributed by atoms with E-state index in [1.807, 2.05) is 11.3 Å². The van der Waals surface area contributed by atoms with Gasteiger partial charge in [0, 0.05) is 23.9 Å². The van der Waals surface area contributed by atoms with E-state index in [0.29, 0.717) is 23.8 Å². The first-order valence-corrected chi connectivity index (χ1v) is 15.6. The van der Waals surface area contributed by atoms with Gasteiger partial charge in [0.2, 0.25) is 5.91 Å². The van der Waals surface area contributed by atoms with Crippen LogP contribution in [0.3, 0.4) is 0 Å². The number of carbonyl (C=O) groups is 2. The number of alkyl halides is 3. The van der Waals surface area contributed by atoms with Gasteiger partial charge in [-0.1, -0.05) is 57.0 Å². The number of carboxylic acids is 1. The molecule has 4 heterocycles. The number of carbonyl (C=O) groups excluding carboxylic acids is 2. The van der Waals surface area contributed by atoms with Crippen LogP contribution in [0.1, 0.15) is 73.0 Å². The molecule has 11 heteroatoms. The molecule has 0 bridgehead atoms. The van der Waals surface area contributed by atoms with Crippen molar-refractivity contribution in [1.82, 2.24) is 9.88 Å². The highest BCUT2D eigenvalue weighted by Gasteiger charge is 2.56. The highest BCUT2D eigenvalue weighted by atomic mass is 32.1. The molecule has 5 rings (SSSR count). The van der Waals surface area contributed by atoms with Crippen molar-refractivity contribution < 1.29 is 38.5 Å². The highest BCUT2D eigenvalue weighted by Crippen LogP contribution is 2.44. The lowest BCUT2D eigenvalue weighted by atomic mass is 9.72. The Morgan fingerprint density at radius 2 is 1.88 bits per heavy atom. The van der Waals surface area contributed by atoms with E-state index in [1.165, 1.54) is 16.1 Å². The molecule has 3 aliphatic heterocycles. The Labute approximate surface area is 243 Å². The number of hydrogen-bond donors (Lipinski definition) is 2. The van der Waals surface area contributed by atoms with Crippen molar-refractivity contribution >= 4 is 23.2 Å². The third-order valence-corrected chi connectivity index (χ3v) is 10.5. The summed E-state index contributed by atoms with van der Waals surface area (Å²) in [4.78, 5) is 31.9. The summed E-state index contributed by atoms with van der Waals surface area (Å²) in [5.41, 5.74) is 2.65. The molecule has 0 aliphatic carbocycles. The van der Waals surface area contributed by atoms with E-state index in [9.17, 15) is 18.0 Å². The number of piperidine rings is 1. The Bertz CT molecular complexity index is 1190. The van der Waals surface area contributed by atoms with Gasteiger partial charge in [-0.15, -0.1) is 11.3 Å². The molecule has 1 aromatic heterocycles. The zero-order valence-corrected chi connectivity index (χ0v) is 24.9. The summed E-state index contributed by atoms with van der Waals surface area (Å²) in [5, 5.41) is 14.7. The van der Waals surface area contributed by atoms with Crippen molar-refractivity contribution in [2.75, 3.05) is 26.2 Å². The molecule has 2 aromatic rings. The Hall–Kier alpha value is -2.50. The third-order valence-electron chi connectivity index (χ3n) is 9.29. The van der Waals surface area contributed by atoms with Gasteiger partial charge in [-0.25, -0.2) is 4.98 Å². The SMILES string of the molecule is CCC(CC)[C@@H]1C[C@H](c2ccccc2)CCN1C(=O)[C@@H]1C[NH2+]C[C@]12CC[NH2+]Cc1nc(C)sc12.O=C([O-])C(F)(F)F. The molecule has 4 N–H and O–H groups in total. The number of quaternary nitrogens is 2. The number of benzene rings is 1. The van der Waals surface area contributed by atoms with Gasteiger partial charge in [0.05, 0.1) is 30.1 Å². The molecular formula is C30H42F3N4O3S+. The number of carboxylic acid groups (broad SMARTS) is 1. The van der Waals surface area contributed by atoms with Crippen molar-refractivity contribution in [2.24, 2.45) is 11.8 Å². The maximum Gasteiger partial charge on any atom is 0.430 e. The molecule has 1 spiro atoms. The Balaban J connectivity index is 0.000000493. The van der Waals surface area contributed by atoms with Gasteiger partial charge in [-0.2, -0.15) is 13.2 Å². The summed E-state index contributed by atoms with van der Waals surface area (Å²) in [6, 6.07) is 11.3. The Morgan fingerprint density at radius 1 is 1.20 bits per heavy atom. The molecule has 0 unspecified atom stereocenters. The van der Waals surface area contributed by atoms with Crippen LogP contribution in [0.15, 0.2) is 30.3 Å². The Morgan fingerprint density at radius 3 is 2.51 bits per heavy atom. The molecule has 1 amide bonds. The fourth-order valence-corrected chi connectivity index (χ4v) is 8.46. The molecule has 2 saturated heterocycles. The maximum atomic E-state index is 14.5. The smallest absolute Gasteiger partial charge is 0.430 e. The van der Waals surface area contributed by atoms with Gasteiger partial charge >= 0.3 is 6.18 Å². The zero-order valence-electron chi connectivity index (χ0n) is 24.1. The number of thiazole rings is 1. The first-order valence-electron chi connectivity index (χ1n) is 14.8. The standard InChI is InChI=1S/C28H40N4OS.C2HF3O2/c1-4-20(5-2)25-15-22(21-9-7-6-8-10-21)11-14-32(25)27(33)23-16-30-18-28(23)12-13-29-17-24-26(28)34-19(3)31-24;3-2(4,5)1(6)7/h6-10,20,22-23,25,29-30H,4-5,11-18H2,1-3H3;(H,6,7)/p+1/t22-,23+,25+,28-;/m1./s1. The zero-order chi connectivity index (χ0) is 29.8. The van der Waals surface area contributed by atoms with Crippen molar-refractivity contribution in [2.45, 2.75) is 83.0 Å². The number of nitrogens with two attached hydrogens (primary N) is 2. The average Bonchev–Trinajstić information content (AvgIpc) is 3.51. The van der Waals surface area contributed by atoms with Gasteiger partial charge in [-0.3, -0.25) is 4.79 Å². The largest absolute Gasteiger partial charge is 0.542 e. The number of halogens is 3. The predicted molar refractivity (Wildman–Crippen MR) is 148 cm³/mol. The van der Waals surface area contributed by atoms with Crippen LogP contribution >= 0.6 is 11.3 Å². The van der Waals surface area contributed by atoms with E-state index in [4.69, 9.17) is 14.9 Å². The van der Waals surface area contributed by atoms with Gasteiger partial charge in [-0.05, 0) is 37.2 Å². The fourth-order valence-electron chi connectivity index (χ4n) is 7.23. The topological polar surface area (TPSA) is 107 Å². The van der Waals surface area contributed by atoms with Crippen LogP contribution in [0.4, 0.5) is 13.2 Å². The van der Waals surface area contributed by atoms with Crippen molar-refractivity contribution in [3.05, 3.63) is 51.5 Å². The van der Waals surface area contributed by atoms with E-state index in [-0.39, 0.29) is 11.3 Å². The molecule has 7 nitrogen and oxygen atoms in total. The molecule has 3 aliphatic rings. The van der Waals surface area contributed by atoms with Crippen LogP contribution < -0.4 is 15.7 Å². The number of fused-ring (bicyclic) bond motifs is 2. The van der Waals surface area contributed by atoms with E-state index in [0.717, 1.165) is 69.8 Å². The van der Waals surface area contributed by atoms with Crippen molar-refractivity contribution in [3.63, 3.8) is 0 Å². The lowest BCUT2D eigenvalue weighted by Crippen LogP contribution is -2.83. The number of hydrogen-bond acceptors (Lipinski definition) is 5. The summed E-state index contributed by atoms with van der Waals surface area (Å²) in [6.45, 7) is 11.6. The van der Waals surface area contributed by atoms with Gasteiger partial charge in [0.25, 0.3) is 0 Å². The minimum atomic E-state index is -5.19. The van der Waals surface area contributed by atoms with E-state index >= 15 is 0 Å². The van der Waals surface area contributed by atoms with Crippen LogP contribution in [0, 0.1) is 18.8 Å². The number of likely N-dealkylation sites (tertiary alicyclic amines) is 1. The summed E-state index contributed by atoms with van der Waals surface area (Å²) >= 11 is 1.86. The number of aliphatic carboxylic acids is 1. The van der Waals surface area contributed by atoms with E-state index in [1.54, 1.807) is 0 Å². The molecule has 226 valence electrons. The number of nitrogens with zero attached hydrogens (tertiary/aromatic N) is 2. The molecule has 0 saturated carbocycles. The number of rotatable bonds is 5. The number of amides is 1. The fraction of sp³-hybridized carbons (Fsp3) is 0.633. The summed E-state index contributed by atoms with van der Waals surface area (Å²) in [7, 11) is 0. The van der Waals surface area contributed by atoms with Crippen LogP contribution in [0.25, 0.3) is 0 Å². The van der Waals surface area contributed by atoms with Gasteiger partial charge in [0.1, 0.15) is 24.1 Å². The van der Waals surface area contributed by atoms with Crippen LogP contribution in [-0.4, -0.2) is 60.2 Å². The second-order valence-corrected chi connectivity index (χ2v) is 12.8. The number of aromatic nitrogens is 1. The number of aryl methyl sites for hydroxylation is 1. The van der Waals surface area contributed by atoms with Crippen molar-refractivity contribution in [3.8, 4) is 0 Å². The minimum Gasteiger partial charge on any atom is -0.542 e. The molecule has 0 radical (unpaired) electrons. The van der Waals surface area contributed by atoms with E-state index < -0.39 is 12.1 Å². The second kappa shape index (κ2) is 13.2. The predicted octanol–water partition coefficient (Wildman–Crippen LogP) is 1.86. The normalized spacial score (nSPS) is 26.3. The molecular weight excluding hydrogens is 553 g/mol. The quantitative estimate of drug-likeness (QED) is 0.551. The lowest BCUT2D eigenvalue weighted by molar-refractivity contribution is -0.672. The second-order valence-electron chi connectivity index (χ2n) is 11.6. The molecule has 4 atom stereocenters.